The van der Waals surface area contributed by atoms with E-state index in [2.05, 4.69) is 151 Å². The van der Waals surface area contributed by atoms with Gasteiger partial charge in [-0.05, 0) is 74.1 Å². The van der Waals surface area contributed by atoms with Gasteiger partial charge in [0.05, 0.1) is 17.1 Å². The second-order valence-electron chi connectivity index (χ2n) is 12.4. The summed E-state index contributed by atoms with van der Waals surface area (Å²) >= 11 is 0. The number of benzene rings is 7. The Balaban J connectivity index is 1.24. The van der Waals surface area contributed by atoms with Gasteiger partial charge in [0.15, 0.2) is 5.82 Å². The van der Waals surface area contributed by atoms with Crippen molar-refractivity contribution in [1.82, 2.24) is 15.0 Å². The van der Waals surface area contributed by atoms with Crippen LogP contribution in [0.4, 0.5) is 0 Å². The summed E-state index contributed by atoms with van der Waals surface area (Å²) in [7, 11) is 0. The van der Waals surface area contributed by atoms with E-state index in [0.717, 1.165) is 44.9 Å². The second-order valence-corrected chi connectivity index (χ2v) is 12.4. The number of nitrogens with zero attached hydrogens (tertiary/aromatic N) is 3. The third-order valence-electron chi connectivity index (χ3n) is 9.32. The van der Waals surface area contributed by atoms with Crippen molar-refractivity contribution in [2.24, 2.45) is 0 Å². The van der Waals surface area contributed by atoms with Crippen molar-refractivity contribution in [3.05, 3.63) is 188 Å². The average Bonchev–Trinajstić information content (AvgIpc) is 3.21. The molecule has 0 N–H and O–H groups in total. The van der Waals surface area contributed by atoms with Gasteiger partial charge in [0.2, 0.25) is 0 Å². The zero-order valence-electron chi connectivity index (χ0n) is 27.2. The Morgan fingerprint density at radius 1 is 0.280 bits per heavy atom. The molecule has 0 aliphatic heterocycles. The SMILES string of the molecule is c1ccc(-c2nc(-c3cccc(-c4ccccn4)c3)cc(-c3cccc(-c4c5ccccc5c(-c5ccccc5)c5ccccc45)c3)n2)cc1. The van der Waals surface area contributed by atoms with Crippen LogP contribution in [-0.2, 0) is 0 Å². The minimum Gasteiger partial charge on any atom is -0.256 e. The van der Waals surface area contributed by atoms with Crippen LogP contribution in [0.5, 0.6) is 0 Å². The van der Waals surface area contributed by atoms with E-state index in [-0.39, 0.29) is 0 Å². The van der Waals surface area contributed by atoms with Crippen LogP contribution in [0.3, 0.4) is 0 Å². The molecule has 50 heavy (non-hydrogen) atoms. The molecule has 9 rings (SSSR count). The molecule has 0 radical (unpaired) electrons. The lowest BCUT2D eigenvalue weighted by atomic mass is 9.85. The first kappa shape index (κ1) is 29.4. The van der Waals surface area contributed by atoms with E-state index in [9.17, 15) is 0 Å². The Morgan fingerprint density at radius 2 is 0.700 bits per heavy atom. The van der Waals surface area contributed by atoms with E-state index in [0.29, 0.717) is 5.82 Å². The maximum atomic E-state index is 5.17. The highest BCUT2D eigenvalue weighted by molar-refractivity contribution is 6.21. The standard InChI is InChI=1S/C47H31N3/c1-3-15-32(16-4-1)45-38-23-7-9-25-40(38)46(41-26-10-8-24-39(41)45)37-22-14-21-36(30-37)44-31-43(49-47(50-44)33-17-5-2-6-18-33)35-20-13-19-34(29-35)42-27-11-12-28-48-42/h1-31H. The van der Waals surface area contributed by atoms with Crippen molar-refractivity contribution >= 4 is 21.5 Å². The van der Waals surface area contributed by atoms with Crippen LogP contribution < -0.4 is 0 Å². The Kier molecular flexibility index (Phi) is 7.49. The summed E-state index contributed by atoms with van der Waals surface area (Å²) in [5, 5.41) is 4.92. The minimum absolute atomic E-state index is 0.690. The van der Waals surface area contributed by atoms with Gasteiger partial charge in [-0.3, -0.25) is 4.98 Å². The first-order valence-electron chi connectivity index (χ1n) is 16.9. The molecule has 2 heterocycles. The predicted molar refractivity (Wildman–Crippen MR) is 207 cm³/mol. The number of hydrogen-bond acceptors (Lipinski definition) is 3. The number of rotatable bonds is 6. The quantitative estimate of drug-likeness (QED) is 0.170. The summed E-state index contributed by atoms with van der Waals surface area (Å²) in [6, 6.07) is 63.8. The van der Waals surface area contributed by atoms with Crippen molar-refractivity contribution in [2.45, 2.75) is 0 Å². The minimum atomic E-state index is 0.690. The van der Waals surface area contributed by atoms with E-state index in [1.54, 1.807) is 0 Å². The third-order valence-corrected chi connectivity index (χ3v) is 9.32. The van der Waals surface area contributed by atoms with E-state index in [1.807, 2.05) is 42.6 Å². The number of fused-ring (bicyclic) bond motifs is 2. The van der Waals surface area contributed by atoms with E-state index < -0.39 is 0 Å². The zero-order valence-corrected chi connectivity index (χ0v) is 27.2. The van der Waals surface area contributed by atoms with Gasteiger partial charge in [0.25, 0.3) is 0 Å². The topological polar surface area (TPSA) is 38.7 Å². The molecule has 0 saturated heterocycles. The molecule has 0 saturated carbocycles. The molecule has 7 aromatic carbocycles. The molecule has 0 aliphatic rings. The van der Waals surface area contributed by atoms with Crippen LogP contribution in [0.25, 0.3) is 89.0 Å². The highest BCUT2D eigenvalue weighted by atomic mass is 14.9. The van der Waals surface area contributed by atoms with Crippen molar-refractivity contribution < 1.29 is 0 Å². The summed E-state index contributed by atoms with van der Waals surface area (Å²) in [5.41, 5.74) is 11.6. The molecule has 0 spiro atoms. The van der Waals surface area contributed by atoms with Crippen LogP contribution >= 0.6 is 0 Å². The summed E-state index contributed by atoms with van der Waals surface area (Å²) in [5.74, 6) is 0.690. The van der Waals surface area contributed by atoms with E-state index >= 15 is 0 Å². The fourth-order valence-electron chi connectivity index (χ4n) is 7.02. The van der Waals surface area contributed by atoms with Crippen LogP contribution in [0.15, 0.2) is 188 Å². The molecule has 0 bridgehead atoms. The molecule has 0 unspecified atom stereocenters. The Labute approximate surface area is 291 Å². The molecule has 0 amide bonds. The molecule has 0 fully saturated rings. The molecule has 0 atom stereocenters. The molecule has 234 valence electrons. The van der Waals surface area contributed by atoms with Gasteiger partial charge in [0, 0.05) is 28.5 Å². The van der Waals surface area contributed by atoms with Gasteiger partial charge in [-0.25, -0.2) is 9.97 Å². The van der Waals surface area contributed by atoms with Crippen molar-refractivity contribution in [3.63, 3.8) is 0 Å². The average molecular weight is 638 g/mol. The van der Waals surface area contributed by atoms with Crippen molar-refractivity contribution in [3.8, 4) is 67.4 Å². The molecule has 3 heteroatoms. The Morgan fingerprint density at radius 3 is 1.24 bits per heavy atom. The van der Waals surface area contributed by atoms with E-state index in [1.165, 1.54) is 38.2 Å². The summed E-state index contributed by atoms with van der Waals surface area (Å²) in [6.45, 7) is 0. The maximum absolute atomic E-state index is 5.17. The fourth-order valence-corrected chi connectivity index (χ4v) is 7.02. The van der Waals surface area contributed by atoms with E-state index in [4.69, 9.17) is 9.97 Å². The molecular weight excluding hydrogens is 607 g/mol. The van der Waals surface area contributed by atoms with Gasteiger partial charge >= 0.3 is 0 Å². The van der Waals surface area contributed by atoms with Crippen LogP contribution in [0, 0.1) is 0 Å². The molecule has 0 aliphatic carbocycles. The first-order valence-corrected chi connectivity index (χ1v) is 16.9. The smallest absolute Gasteiger partial charge is 0.160 e. The molecule has 2 aromatic heterocycles. The predicted octanol–water partition coefficient (Wildman–Crippen LogP) is 12.2. The lowest BCUT2D eigenvalue weighted by molar-refractivity contribution is 1.18. The lowest BCUT2D eigenvalue weighted by Crippen LogP contribution is -1.96. The van der Waals surface area contributed by atoms with Crippen LogP contribution in [-0.4, -0.2) is 15.0 Å². The maximum Gasteiger partial charge on any atom is 0.160 e. The molecule has 9 aromatic rings. The number of pyridine rings is 1. The number of aromatic nitrogens is 3. The number of hydrogen-bond donors (Lipinski definition) is 0. The Bertz CT molecular complexity index is 2580. The largest absolute Gasteiger partial charge is 0.256 e. The van der Waals surface area contributed by atoms with Gasteiger partial charge in [-0.15, -0.1) is 0 Å². The van der Waals surface area contributed by atoms with Gasteiger partial charge in [-0.1, -0.05) is 152 Å². The summed E-state index contributed by atoms with van der Waals surface area (Å²) in [6.07, 6.45) is 1.83. The van der Waals surface area contributed by atoms with Gasteiger partial charge < -0.3 is 0 Å². The monoisotopic (exact) mass is 637 g/mol. The van der Waals surface area contributed by atoms with Crippen LogP contribution in [0.1, 0.15) is 0 Å². The first-order chi connectivity index (χ1) is 24.8. The summed E-state index contributed by atoms with van der Waals surface area (Å²) in [4.78, 5) is 14.9. The highest BCUT2D eigenvalue weighted by Gasteiger charge is 2.18. The normalized spacial score (nSPS) is 11.2. The third kappa shape index (κ3) is 5.41. The fraction of sp³-hybridized carbons (Fsp3) is 0. The van der Waals surface area contributed by atoms with Crippen molar-refractivity contribution in [1.29, 1.82) is 0 Å². The zero-order chi connectivity index (χ0) is 33.3. The van der Waals surface area contributed by atoms with Crippen molar-refractivity contribution in [2.75, 3.05) is 0 Å². The Hall–Kier alpha value is -6.71. The second kappa shape index (κ2) is 12.7. The molecule has 3 nitrogen and oxygen atoms in total. The summed E-state index contributed by atoms with van der Waals surface area (Å²) < 4.78 is 0. The lowest BCUT2D eigenvalue weighted by Gasteiger charge is -2.18. The highest BCUT2D eigenvalue weighted by Crippen LogP contribution is 2.44. The van der Waals surface area contributed by atoms with Gasteiger partial charge in [-0.2, -0.15) is 0 Å². The van der Waals surface area contributed by atoms with Crippen LogP contribution in [0.2, 0.25) is 0 Å². The van der Waals surface area contributed by atoms with Gasteiger partial charge in [0.1, 0.15) is 0 Å². The molecular formula is C47H31N3.